The maximum atomic E-state index is 11.0. The van der Waals surface area contributed by atoms with E-state index < -0.39 is 60.4 Å². The maximum absolute atomic E-state index is 11.0. The van der Waals surface area contributed by atoms with Crippen molar-refractivity contribution in [1.29, 1.82) is 0 Å². The van der Waals surface area contributed by atoms with Crippen LogP contribution in [0.4, 0.5) is 0 Å². The molecule has 0 aromatic heterocycles. The number of rotatable bonds is 7. The summed E-state index contributed by atoms with van der Waals surface area (Å²) in [7, 11) is -14.6. The van der Waals surface area contributed by atoms with Crippen LogP contribution in [0.2, 0.25) is 0 Å². The summed E-state index contributed by atoms with van der Waals surface area (Å²) >= 11 is 0. The Labute approximate surface area is 135 Å². The van der Waals surface area contributed by atoms with Crippen molar-refractivity contribution in [1.82, 2.24) is 0 Å². The molecule has 17 heteroatoms. The summed E-state index contributed by atoms with van der Waals surface area (Å²) in [6.45, 7) is 0. The number of ether oxygens (including phenoxy) is 1. The molecule has 0 saturated heterocycles. The van der Waals surface area contributed by atoms with Gasteiger partial charge in [-0.25, -0.2) is 13.7 Å². The molecule has 1 fully saturated rings. The maximum Gasteiger partial charge on any atom is 0.470 e. The minimum absolute atomic E-state index is 0.519. The third-order valence-electron chi connectivity index (χ3n) is 2.97. The lowest BCUT2D eigenvalue weighted by Gasteiger charge is -2.42. The van der Waals surface area contributed by atoms with Crippen LogP contribution in [0.1, 0.15) is 6.42 Å². The van der Waals surface area contributed by atoms with Crippen LogP contribution >= 0.6 is 23.5 Å². The molecule has 1 rings (SSSR count). The van der Waals surface area contributed by atoms with Crippen LogP contribution in [0.3, 0.4) is 0 Å². The van der Waals surface area contributed by atoms with E-state index in [0.29, 0.717) is 0 Å². The van der Waals surface area contributed by atoms with E-state index in [0.717, 1.165) is 7.11 Å². The minimum atomic E-state index is -5.29. The fourth-order valence-electron chi connectivity index (χ4n) is 2.20. The van der Waals surface area contributed by atoms with E-state index >= 15 is 0 Å². The van der Waals surface area contributed by atoms with Crippen LogP contribution in [0.15, 0.2) is 0 Å². The van der Waals surface area contributed by atoms with E-state index in [4.69, 9.17) is 34.1 Å². The Balaban J connectivity index is 3.18. The van der Waals surface area contributed by atoms with Crippen molar-refractivity contribution in [3.05, 3.63) is 0 Å². The van der Waals surface area contributed by atoms with Gasteiger partial charge in [0, 0.05) is 13.5 Å². The molecule has 0 spiro atoms. The van der Waals surface area contributed by atoms with Crippen LogP contribution in [0, 0.1) is 0 Å². The number of phosphoric acid groups is 3. The first kappa shape index (κ1) is 22.3. The van der Waals surface area contributed by atoms with E-state index in [-0.39, 0.29) is 0 Å². The molecular formula is C7H17O14P3. The molecule has 0 unspecified atom stereocenters. The molecule has 0 aromatic carbocycles. The van der Waals surface area contributed by atoms with Crippen LogP contribution in [-0.4, -0.2) is 72.1 Å². The van der Waals surface area contributed by atoms with Gasteiger partial charge in [0.1, 0.15) is 24.4 Å². The molecule has 14 nitrogen and oxygen atoms in total. The summed E-state index contributed by atoms with van der Waals surface area (Å²) in [5.74, 6) is 0. The van der Waals surface area contributed by atoms with E-state index in [1.165, 1.54) is 0 Å². The highest BCUT2D eigenvalue weighted by Crippen LogP contribution is 2.49. The first-order valence-electron chi connectivity index (χ1n) is 6.05. The molecule has 1 saturated carbocycles. The molecule has 0 bridgehead atoms. The first-order valence-corrected chi connectivity index (χ1v) is 10.6. The normalized spacial score (nSPS) is 32.8. The first-order chi connectivity index (χ1) is 10.6. The number of hydrogen-bond donors (Lipinski definition) is 7. The minimum Gasteiger partial charge on any atom is -0.388 e. The number of aliphatic hydroxyl groups is 1. The monoisotopic (exact) mass is 418 g/mol. The van der Waals surface area contributed by atoms with E-state index in [9.17, 15) is 18.8 Å². The van der Waals surface area contributed by atoms with Gasteiger partial charge in [-0.3, -0.25) is 13.6 Å². The lowest BCUT2D eigenvalue weighted by atomic mass is 9.87. The van der Waals surface area contributed by atoms with Gasteiger partial charge in [0.15, 0.2) is 0 Å². The van der Waals surface area contributed by atoms with Crippen molar-refractivity contribution < 1.29 is 66.5 Å². The topological polar surface area (TPSA) is 230 Å². The van der Waals surface area contributed by atoms with Crippen LogP contribution in [-0.2, 0) is 32.0 Å². The average Bonchev–Trinajstić information content (AvgIpc) is 2.32. The summed E-state index contributed by atoms with van der Waals surface area (Å²) in [5.41, 5.74) is 0. The van der Waals surface area contributed by atoms with Crippen LogP contribution in [0.5, 0.6) is 0 Å². The summed E-state index contributed by atoms with van der Waals surface area (Å²) in [4.78, 5) is 53.1. The van der Waals surface area contributed by atoms with Crippen molar-refractivity contribution in [2.75, 3.05) is 7.11 Å². The van der Waals surface area contributed by atoms with Gasteiger partial charge < -0.3 is 39.2 Å². The number of phosphoric ester groups is 3. The summed E-state index contributed by atoms with van der Waals surface area (Å²) in [5, 5.41) is 10.0. The van der Waals surface area contributed by atoms with Gasteiger partial charge in [0.05, 0.1) is 6.10 Å². The lowest BCUT2D eigenvalue weighted by molar-refractivity contribution is -0.172. The van der Waals surface area contributed by atoms with Gasteiger partial charge in [-0.2, -0.15) is 0 Å². The highest BCUT2D eigenvalue weighted by Gasteiger charge is 2.52. The van der Waals surface area contributed by atoms with Gasteiger partial charge in [-0.1, -0.05) is 0 Å². The highest BCUT2D eigenvalue weighted by atomic mass is 31.2. The second-order valence-corrected chi connectivity index (χ2v) is 8.33. The Morgan fingerprint density at radius 2 is 1.17 bits per heavy atom. The molecule has 1 aliphatic carbocycles. The largest absolute Gasteiger partial charge is 0.470 e. The average molecular weight is 418 g/mol. The molecular weight excluding hydrogens is 401 g/mol. The Morgan fingerprint density at radius 1 is 0.750 bits per heavy atom. The second kappa shape index (κ2) is 7.87. The number of hydrogen-bond acceptors (Lipinski definition) is 8. The fraction of sp³-hybridized carbons (Fsp3) is 1.00. The van der Waals surface area contributed by atoms with Crippen molar-refractivity contribution in [3.8, 4) is 0 Å². The van der Waals surface area contributed by atoms with E-state index in [2.05, 4.69) is 13.6 Å². The summed E-state index contributed by atoms with van der Waals surface area (Å²) in [6, 6.07) is 0. The second-order valence-electron chi connectivity index (χ2n) is 4.76. The predicted octanol–water partition coefficient (Wildman–Crippen LogP) is -1.80. The van der Waals surface area contributed by atoms with Gasteiger partial charge >= 0.3 is 23.5 Å². The number of methoxy groups -OCH3 is 1. The highest BCUT2D eigenvalue weighted by molar-refractivity contribution is 7.46. The lowest BCUT2D eigenvalue weighted by Crippen LogP contribution is -2.58. The Hall–Kier alpha value is 0.250. The van der Waals surface area contributed by atoms with Crippen molar-refractivity contribution in [2.24, 2.45) is 0 Å². The zero-order chi connectivity index (χ0) is 18.9. The summed E-state index contributed by atoms with van der Waals surface area (Å²) < 4.78 is 50.7. The predicted molar refractivity (Wildman–Crippen MR) is 72.2 cm³/mol. The Morgan fingerprint density at radius 3 is 1.54 bits per heavy atom. The molecule has 0 heterocycles. The van der Waals surface area contributed by atoms with Gasteiger partial charge in [-0.15, -0.1) is 0 Å². The Kier molecular flexibility index (Phi) is 7.31. The standard InChI is InChI=1S/C7H17O14P3/c1-18-4-2-3(19-22(9,10)11)5(8)7(21-24(15,16)17)6(4)20-23(12,13)14/h3-8H,2H2,1H3,(H2,9,10,11)(H2,12,13,14)(H2,15,16,17)/t3-,4-,5+,6-,7-/m1/s1. The number of aliphatic hydroxyl groups excluding tert-OH is 1. The molecule has 0 aromatic rings. The zero-order valence-corrected chi connectivity index (χ0v) is 14.6. The Bertz CT molecular complexity index is 561. The zero-order valence-electron chi connectivity index (χ0n) is 11.9. The van der Waals surface area contributed by atoms with Crippen molar-refractivity contribution in [2.45, 2.75) is 36.9 Å². The molecule has 0 radical (unpaired) electrons. The molecule has 0 aliphatic heterocycles. The van der Waals surface area contributed by atoms with Gasteiger partial charge in [0.2, 0.25) is 0 Å². The van der Waals surface area contributed by atoms with Gasteiger partial charge in [-0.05, 0) is 0 Å². The van der Waals surface area contributed by atoms with Crippen molar-refractivity contribution in [3.63, 3.8) is 0 Å². The van der Waals surface area contributed by atoms with Gasteiger partial charge in [0.25, 0.3) is 0 Å². The van der Waals surface area contributed by atoms with E-state index in [1.807, 2.05) is 0 Å². The molecule has 5 atom stereocenters. The molecule has 1 aliphatic rings. The quantitative estimate of drug-likeness (QED) is 0.226. The van der Waals surface area contributed by atoms with E-state index in [1.54, 1.807) is 0 Å². The summed E-state index contributed by atoms with van der Waals surface area (Å²) in [6.07, 6.45) is -9.70. The third kappa shape index (κ3) is 7.24. The SMILES string of the molecule is CO[C@@H]1C[C@@H](OP(=O)(O)O)[C@H](O)[C@@H](OP(=O)(O)O)[C@@H]1OP(=O)(O)O. The smallest absolute Gasteiger partial charge is 0.388 e. The third-order valence-corrected chi connectivity index (χ3v) is 4.55. The van der Waals surface area contributed by atoms with Crippen LogP contribution < -0.4 is 0 Å². The fourth-order valence-corrected chi connectivity index (χ4v) is 3.90. The van der Waals surface area contributed by atoms with Crippen molar-refractivity contribution >= 4 is 23.5 Å². The van der Waals surface area contributed by atoms with Crippen LogP contribution in [0.25, 0.3) is 0 Å². The molecule has 144 valence electrons. The molecule has 0 amide bonds. The molecule has 24 heavy (non-hydrogen) atoms. The molecule has 7 N–H and O–H groups in total.